The normalized spacial score (nSPS) is 14.5. The summed E-state index contributed by atoms with van der Waals surface area (Å²) in [6, 6.07) is 14.4. The first-order valence-electron chi connectivity index (χ1n) is 11.6. The Kier molecular flexibility index (Phi) is 9.41. The number of ether oxygens (including phenoxy) is 2. The second kappa shape index (κ2) is 12.5. The van der Waals surface area contributed by atoms with Gasteiger partial charge in [-0.1, -0.05) is 13.3 Å². The highest BCUT2D eigenvalue weighted by Crippen LogP contribution is 2.21. The van der Waals surface area contributed by atoms with E-state index in [0.29, 0.717) is 38.5 Å². The van der Waals surface area contributed by atoms with E-state index in [1.807, 2.05) is 24.3 Å². The maximum Gasteiger partial charge on any atom is 0.319 e. The molecule has 2 aromatic carbocycles. The molecule has 34 heavy (non-hydrogen) atoms. The Morgan fingerprint density at radius 2 is 1.62 bits per heavy atom. The van der Waals surface area contributed by atoms with Crippen LogP contribution in [0, 0.1) is 0 Å². The van der Waals surface area contributed by atoms with Crippen LogP contribution in [0.1, 0.15) is 19.8 Å². The zero-order valence-electron chi connectivity index (χ0n) is 19.8. The standard InChI is InChI=1S/C24H34N4O5S/c1-3-4-18-33-23-9-5-20(6-10-23)26-24(29)25-13-19-34(30,31)28-16-14-27(15-17-28)21-7-11-22(32-2)12-8-21/h5-12H,3-4,13-19H2,1-2H3,(H2,25,26,29). The number of urea groups is 1. The number of hydrogen-bond donors (Lipinski definition) is 2. The molecule has 0 unspecified atom stereocenters. The van der Waals surface area contributed by atoms with E-state index in [9.17, 15) is 13.2 Å². The van der Waals surface area contributed by atoms with Gasteiger partial charge in [-0.05, 0) is 55.0 Å². The Balaban J connectivity index is 1.39. The summed E-state index contributed by atoms with van der Waals surface area (Å²) in [6.07, 6.45) is 2.05. The molecule has 9 nitrogen and oxygen atoms in total. The Morgan fingerprint density at radius 3 is 2.24 bits per heavy atom. The van der Waals surface area contributed by atoms with Crippen LogP contribution in [0.2, 0.25) is 0 Å². The molecule has 2 amide bonds. The van der Waals surface area contributed by atoms with Gasteiger partial charge in [-0.25, -0.2) is 13.2 Å². The van der Waals surface area contributed by atoms with Gasteiger partial charge in [0.25, 0.3) is 0 Å². The topological polar surface area (TPSA) is 100 Å². The number of nitrogens with one attached hydrogen (secondary N) is 2. The fourth-order valence-corrected chi connectivity index (χ4v) is 4.92. The van der Waals surface area contributed by atoms with Gasteiger partial charge in [0.15, 0.2) is 0 Å². The minimum absolute atomic E-state index is 0.0328. The average molecular weight is 491 g/mol. The molecule has 1 aliphatic heterocycles. The van der Waals surface area contributed by atoms with Gasteiger partial charge < -0.3 is 25.0 Å². The van der Waals surface area contributed by atoms with Crippen molar-refractivity contribution in [1.82, 2.24) is 9.62 Å². The number of rotatable bonds is 11. The van der Waals surface area contributed by atoms with Crippen LogP contribution in [0.3, 0.4) is 0 Å². The molecule has 0 saturated carbocycles. The lowest BCUT2D eigenvalue weighted by Crippen LogP contribution is -2.50. The van der Waals surface area contributed by atoms with Crippen molar-refractivity contribution in [3.05, 3.63) is 48.5 Å². The highest BCUT2D eigenvalue weighted by atomic mass is 32.2. The predicted octanol–water partition coefficient (Wildman–Crippen LogP) is 3.15. The first-order chi connectivity index (χ1) is 16.4. The molecule has 0 spiro atoms. The van der Waals surface area contributed by atoms with Crippen LogP contribution in [-0.4, -0.2) is 70.9 Å². The molecule has 0 radical (unpaired) electrons. The van der Waals surface area contributed by atoms with Crippen LogP contribution in [-0.2, 0) is 10.0 Å². The lowest BCUT2D eigenvalue weighted by atomic mass is 10.2. The van der Waals surface area contributed by atoms with Crippen molar-refractivity contribution >= 4 is 27.4 Å². The molecule has 2 aromatic rings. The fraction of sp³-hybridized carbons (Fsp3) is 0.458. The smallest absolute Gasteiger partial charge is 0.319 e. The van der Waals surface area contributed by atoms with Crippen molar-refractivity contribution in [1.29, 1.82) is 0 Å². The van der Waals surface area contributed by atoms with Crippen LogP contribution in [0.5, 0.6) is 11.5 Å². The third-order valence-corrected chi connectivity index (χ3v) is 7.47. The lowest BCUT2D eigenvalue weighted by molar-refractivity contribution is 0.252. The Morgan fingerprint density at radius 1 is 0.971 bits per heavy atom. The van der Waals surface area contributed by atoms with E-state index in [0.717, 1.165) is 30.0 Å². The van der Waals surface area contributed by atoms with Crippen LogP contribution < -0.4 is 25.0 Å². The van der Waals surface area contributed by atoms with E-state index in [2.05, 4.69) is 22.5 Å². The van der Waals surface area contributed by atoms with Crippen molar-refractivity contribution in [2.24, 2.45) is 0 Å². The van der Waals surface area contributed by atoms with Crippen molar-refractivity contribution < 1.29 is 22.7 Å². The molecular weight excluding hydrogens is 456 g/mol. The van der Waals surface area contributed by atoms with E-state index in [-0.39, 0.29) is 12.3 Å². The molecule has 0 aliphatic carbocycles. The summed E-state index contributed by atoms with van der Waals surface area (Å²) in [5, 5.41) is 5.32. The molecule has 1 saturated heterocycles. The number of unbranched alkanes of at least 4 members (excludes halogenated alkanes) is 1. The maximum absolute atomic E-state index is 12.7. The zero-order chi connectivity index (χ0) is 24.4. The first-order valence-corrected chi connectivity index (χ1v) is 13.2. The molecule has 3 rings (SSSR count). The molecule has 1 heterocycles. The van der Waals surface area contributed by atoms with E-state index in [4.69, 9.17) is 9.47 Å². The summed E-state index contributed by atoms with van der Waals surface area (Å²) in [6.45, 7) is 4.83. The summed E-state index contributed by atoms with van der Waals surface area (Å²) in [7, 11) is -1.83. The van der Waals surface area contributed by atoms with Gasteiger partial charge in [0, 0.05) is 44.1 Å². The van der Waals surface area contributed by atoms with E-state index in [1.165, 1.54) is 4.31 Å². The van der Waals surface area contributed by atoms with Gasteiger partial charge in [-0.3, -0.25) is 0 Å². The molecule has 0 atom stereocenters. The minimum Gasteiger partial charge on any atom is -0.497 e. The summed E-state index contributed by atoms with van der Waals surface area (Å²) < 4.78 is 37.7. The van der Waals surface area contributed by atoms with Gasteiger partial charge in [0.1, 0.15) is 11.5 Å². The number of piperazine rings is 1. The fourth-order valence-electron chi connectivity index (χ4n) is 3.58. The molecule has 2 N–H and O–H groups in total. The predicted molar refractivity (Wildman–Crippen MR) is 134 cm³/mol. The Hall–Kier alpha value is -2.98. The number of hydrogen-bond acceptors (Lipinski definition) is 6. The molecule has 186 valence electrons. The lowest BCUT2D eigenvalue weighted by Gasteiger charge is -2.35. The van der Waals surface area contributed by atoms with Gasteiger partial charge >= 0.3 is 6.03 Å². The number of nitrogens with zero attached hydrogens (tertiary/aromatic N) is 2. The SMILES string of the molecule is CCCCOc1ccc(NC(=O)NCCS(=O)(=O)N2CCN(c3ccc(OC)cc3)CC2)cc1. The number of benzene rings is 2. The number of amides is 2. The van der Waals surface area contributed by atoms with E-state index in [1.54, 1.807) is 31.4 Å². The third-order valence-electron chi connectivity index (χ3n) is 5.59. The van der Waals surface area contributed by atoms with Crippen LogP contribution in [0.25, 0.3) is 0 Å². The third kappa shape index (κ3) is 7.53. The molecule has 0 bridgehead atoms. The summed E-state index contributed by atoms with van der Waals surface area (Å²) >= 11 is 0. The second-order valence-electron chi connectivity index (χ2n) is 8.01. The molecule has 0 aromatic heterocycles. The largest absolute Gasteiger partial charge is 0.497 e. The van der Waals surface area contributed by atoms with E-state index >= 15 is 0 Å². The number of anilines is 2. The minimum atomic E-state index is -3.46. The van der Waals surface area contributed by atoms with Gasteiger partial charge in [-0.15, -0.1) is 0 Å². The quantitative estimate of drug-likeness (QED) is 0.470. The van der Waals surface area contributed by atoms with Gasteiger partial charge in [-0.2, -0.15) is 4.31 Å². The van der Waals surface area contributed by atoms with Crippen LogP contribution in [0.4, 0.5) is 16.2 Å². The van der Waals surface area contributed by atoms with Gasteiger partial charge in [0.05, 0.1) is 19.5 Å². The van der Waals surface area contributed by atoms with E-state index < -0.39 is 16.1 Å². The number of methoxy groups -OCH3 is 1. The summed E-state index contributed by atoms with van der Waals surface area (Å²) in [4.78, 5) is 14.3. The molecule has 10 heteroatoms. The second-order valence-corrected chi connectivity index (χ2v) is 10.1. The average Bonchev–Trinajstić information content (AvgIpc) is 2.85. The molecular formula is C24H34N4O5S. The Labute approximate surface area is 202 Å². The number of carbonyl (C=O) groups is 1. The summed E-state index contributed by atoms with van der Waals surface area (Å²) in [5.74, 6) is 1.39. The van der Waals surface area contributed by atoms with Crippen molar-refractivity contribution in [2.75, 3.05) is 62.4 Å². The zero-order valence-corrected chi connectivity index (χ0v) is 20.6. The first kappa shape index (κ1) is 25.6. The number of carbonyl (C=O) groups excluding carboxylic acids is 1. The van der Waals surface area contributed by atoms with Crippen LogP contribution in [0.15, 0.2) is 48.5 Å². The maximum atomic E-state index is 12.7. The Bertz CT molecular complexity index is 1000. The monoisotopic (exact) mass is 490 g/mol. The highest BCUT2D eigenvalue weighted by Gasteiger charge is 2.26. The highest BCUT2D eigenvalue weighted by molar-refractivity contribution is 7.89. The van der Waals surface area contributed by atoms with Crippen molar-refractivity contribution in [3.63, 3.8) is 0 Å². The van der Waals surface area contributed by atoms with Crippen LogP contribution >= 0.6 is 0 Å². The van der Waals surface area contributed by atoms with Crippen molar-refractivity contribution in [2.45, 2.75) is 19.8 Å². The molecule has 1 fully saturated rings. The molecule has 1 aliphatic rings. The number of sulfonamides is 1. The van der Waals surface area contributed by atoms with Gasteiger partial charge in [0.2, 0.25) is 10.0 Å². The van der Waals surface area contributed by atoms with Crippen molar-refractivity contribution in [3.8, 4) is 11.5 Å². The summed E-state index contributed by atoms with van der Waals surface area (Å²) in [5.41, 5.74) is 1.65.